The van der Waals surface area contributed by atoms with Gasteiger partial charge >= 0.3 is 0 Å². The number of phenols is 1. The van der Waals surface area contributed by atoms with Crippen molar-refractivity contribution in [2.75, 3.05) is 20.3 Å². The standard InChI is InChI=1S/C16H19NO3/c1-19-15-8-7-14(18)11-16(15)20-10-9-17-12-13-5-3-2-4-6-13/h2-8,11,17-18H,9-10,12H2,1H3. The minimum Gasteiger partial charge on any atom is -0.508 e. The first-order chi connectivity index (χ1) is 9.79. The molecule has 0 aliphatic rings. The van der Waals surface area contributed by atoms with Crippen molar-refractivity contribution in [3.05, 3.63) is 54.1 Å². The largest absolute Gasteiger partial charge is 0.508 e. The summed E-state index contributed by atoms with van der Waals surface area (Å²) in [6.45, 7) is 2.03. The van der Waals surface area contributed by atoms with E-state index in [1.54, 1.807) is 25.3 Å². The monoisotopic (exact) mass is 273 g/mol. The fourth-order valence-corrected chi connectivity index (χ4v) is 1.84. The maximum atomic E-state index is 9.43. The van der Waals surface area contributed by atoms with E-state index in [0.29, 0.717) is 24.7 Å². The van der Waals surface area contributed by atoms with E-state index in [0.717, 1.165) is 6.54 Å². The van der Waals surface area contributed by atoms with Crippen LogP contribution in [0.4, 0.5) is 0 Å². The van der Waals surface area contributed by atoms with E-state index in [1.165, 1.54) is 5.56 Å². The Morgan fingerprint density at radius 3 is 2.60 bits per heavy atom. The fourth-order valence-electron chi connectivity index (χ4n) is 1.84. The second-order valence-electron chi connectivity index (χ2n) is 4.35. The van der Waals surface area contributed by atoms with Crippen LogP contribution < -0.4 is 14.8 Å². The zero-order valence-corrected chi connectivity index (χ0v) is 11.5. The molecule has 0 heterocycles. The van der Waals surface area contributed by atoms with Gasteiger partial charge in [-0.15, -0.1) is 0 Å². The molecule has 0 radical (unpaired) electrons. The van der Waals surface area contributed by atoms with E-state index in [2.05, 4.69) is 17.4 Å². The summed E-state index contributed by atoms with van der Waals surface area (Å²) in [6, 6.07) is 15.0. The Balaban J connectivity index is 1.75. The topological polar surface area (TPSA) is 50.7 Å². The first-order valence-corrected chi connectivity index (χ1v) is 6.54. The third-order valence-corrected chi connectivity index (χ3v) is 2.86. The van der Waals surface area contributed by atoms with Crippen LogP contribution in [0, 0.1) is 0 Å². The molecule has 0 bridgehead atoms. The Kier molecular flexibility index (Phi) is 5.26. The van der Waals surface area contributed by atoms with Gasteiger partial charge in [-0.3, -0.25) is 0 Å². The predicted octanol–water partition coefficient (Wildman–Crippen LogP) is 2.57. The average Bonchev–Trinajstić information content (AvgIpc) is 2.48. The molecular formula is C16H19NO3. The number of benzene rings is 2. The number of aromatic hydroxyl groups is 1. The van der Waals surface area contributed by atoms with Crippen molar-refractivity contribution in [1.29, 1.82) is 0 Å². The first kappa shape index (κ1) is 14.2. The molecule has 0 unspecified atom stereocenters. The van der Waals surface area contributed by atoms with Crippen molar-refractivity contribution in [3.8, 4) is 17.2 Å². The smallest absolute Gasteiger partial charge is 0.164 e. The predicted molar refractivity (Wildman–Crippen MR) is 78.3 cm³/mol. The number of methoxy groups -OCH3 is 1. The first-order valence-electron chi connectivity index (χ1n) is 6.54. The van der Waals surface area contributed by atoms with E-state index >= 15 is 0 Å². The number of hydrogen-bond acceptors (Lipinski definition) is 4. The SMILES string of the molecule is COc1ccc(O)cc1OCCNCc1ccccc1. The number of rotatable bonds is 7. The highest BCUT2D eigenvalue weighted by molar-refractivity contribution is 5.44. The van der Waals surface area contributed by atoms with Crippen LogP contribution in [0.1, 0.15) is 5.56 Å². The summed E-state index contributed by atoms with van der Waals surface area (Å²) in [6.07, 6.45) is 0. The molecule has 0 saturated carbocycles. The minimum absolute atomic E-state index is 0.165. The molecule has 20 heavy (non-hydrogen) atoms. The van der Waals surface area contributed by atoms with Gasteiger partial charge in [0.05, 0.1) is 7.11 Å². The highest BCUT2D eigenvalue weighted by Crippen LogP contribution is 2.30. The minimum atomic E-state index is 0.165. The van der Waals surface area contributed by atoms with Crippen LogP contribution in [0.25, 0.3) is 0 Å². The summed E-state index contributed by atoms with van der Waals surface area (Å²) in [5.41, 5.74) is 1.24. The van der Waals surface area contributed by atoms with Crippen LogP contribution in [-0.2, 0) is 6.54 Å². The third kappa shape index (κ3) is 4.17. The molecule has 0 atom stereocenters. The number of hydrogen-bond donors (Lipinski definition) is 2. The van der Waals surface area contributed by atoms with Crippen LogP contribution in [-0.4, -0.2) is 25.4 Å². The lowest BCUT2D eigenvalue weighted by Gasteiger charge is -2.11. The number of nitrogens with one attached hydrogen (secondary N) is 1. The van der Waals surface area contributed by atoms with Crippen molar-refractivity contribution in [3.63, 3.8) is 0 Å². The van der Waals surface area contributed by atoms with Gasteiger partial charge in [0.15, 0.2) is 11.5 Å². The van der Waals surface area contributed by atoms with Crippen molar-refractivity contribution in [2.45, 2.75) is 6.54 Å². The Morgan fingerprint density at radius 2 is 1.85 bits per heavy atom. The maximum absolute atomic E-state index is 9.43. The molecular weight excluding hydrogens is 254 g/mol. The highest BCUT2D eigenvalue weighted by atomic mass is 16.5. The van der Waals surface area contributed by atoms with Crippen LogP contribution >= 0.6 is 0 Å². The molecule has 4 nitrogen and oxygen atoms in total. The molecule has 2 N–H and O–H groups in total. The lowest BCUT2D eigenvalue weighted by molar-refractivity contribution is 0.290. The molecule has 0 fully saturated rings. The molecule has 4 heteroatoms. The van der Waals surface area contributed by atoms with Gasteiger partial charge in [0.2, 0.25) is 0 Å². The zero-order valence-electron chi connectivity index (χ0n) is 11.5. The molecule has 0 saturated heterocycles. The lowest BCUT2D eigenvalue weighted by atomic mass is 10.2. The van der Waals surface area contributed by atoms with Crippen molar-refractivity contribution in [1.82, 2.24) is 5.32 Å². The Morgan fingerprint density at radius 1 is 1.05 bits per heavy atom. The van der Waals surface area contributed by atoms with Crippen molar-refractivity contribution in [2.24, 2.45) is 0 Å². The number of ether oxygens (including phenoxy) is 2. The Bertz CT molecular complexity index is 529. The van der Waals surface area contributed by atoms with Gasteiger partial charge in [0.1, 0.15) is 12.4 Å². The quantitative estimate of drug-likeness (QED) is 0.761. The molecule has 2 aromatic rings. The van der Waals surface area contributed by atoms with Gasteiger partial charge in [-0.05, 0) is 17.7 Å². The van der Waals surface area contributed by atoms with E-state index < -0.39 is 0 Å². The van der Waals surface area contributed by atoms with Crippen molar-refractivity contribution < 1.29 is 14.6 Å². The number of phenolic OH excluding ortho intramolecular Hbond substituents is 1. The Hall–Kier alpha value is -2.20. The van der Waals surface area contributed by atoms with Crippen molar-refractivity contribution >= 4 is 0 Å². The summed E-state index contributed by atoms with van der Waals surface area (Å²) >= 11 is 0. The fraction of sp³-hybridized carbons (Fsp3) is 0.250. The van der Waals surface area contributed by atoms with E-state index in [-0.39, 0.29) is 5.75 Å². The van der Waals surface area contributed by atoms with Crippen LogP contribution in [0.5, 0.6) is 17.2 Å². The summed E-state index contributed by atoms with van der Waals surface area (Å²) in [4.78, 5) is 0. The average molecular weight is 273 g/mol. The summed E-state index contributed by atoms with van der Waals surface area (Å²) in [5.74, 6) is 1.33. The van der Waals surface area contributed by atoms with Crippen LogP contribution in [0.15, 0.2) is 48.5 Å². The van der Waals surface area contributed by atoms with Gasteiger partial charge in [-0.25, -0.2) is 0 Å². The molecule has 0 aliphatic heterocycles. The van der Waals surface area contributed by atoms with E-state index in [9.17, 15) is 5.11 Å². The maximum Gasteiger partial charge on any atom is 0.164 e. The summed E-state index contributed by atoms with van der Waals surface area (Å²) < 4.78 is 10.8. The molecule has 0 spiro atoms. The molecule has 2 aromatic carbocycles. The Labute approximate surface area is 119 Å². The highest BCUT2D eigenvalue weighted by Gasteiger charge is 2.04. The van der Waals surface area contributed by atoms with E-state index in [4.69, 9.17) is 9.47 Å². The second-order valence-corrected chi connectivity index (χ2v) is 4.35. The van der Waals surface area contributed by atoms with Crippen LogP contribution in [0.2, 0.25) is 0 Å². The van der Waals surface area contributed by atoms with Gasteiger partial charge < -0.3 is 19.9 Å². The normalized spacial score (nSPS) is 10.2. The van der Waals surface area contributed by atoms with Gasteiger partial charge in [-0.1, -0.05) is 30.3 Å². The van der Waals surface area contributed by atoms with E-state index in [1.807, 2.05) is 18.2 Å². The zero-order chi connectivity index (χ0) is 14.2. The molecule has 2 rings (SSSR count). The second kappa shape index (κ2) is 7.40. The molecule has 0 aromatic heterocycles. The van der Waals surface area contributed by atoms with Crippen LogP contribution in [0.3, 0.4) is 0 Å². The molecule has 106 valence electrons. The molecule has 0 amide bonds. The van der Waals surface area contributed by atoms with Gasteiger partial charge in [-0.2, -0.15) is 0 Å². The van der Waals surface area contributed by atoms with Gasteiger partial charge in [0, 0.05) is 19.2 Å². The summed E-state index contributed by atoms with van der Waals surface area (Å²) in [5, 5.41) is 12.7. The van der Waals surface area contributed by atoms with Gasteiger partial charge in [0.25, 0.3) is 0 Å². The lowest BCUT2D eigenvalue weighted by Crippen LogP contribution is -2.20. The third-order valence-electron chi connectivity index (χ3n) is 2.86. The molecule has 0 aliphatic carbocycles. The summed E-state index contributed by atoms with van der Waals surface area (Å²) in [7, 11) is 1.58.